The lowest BCUT2D eigenvalue weighted by atomic mass is 10.1. The summed E-state index contributed by atoms with van der Waals surface area (Å²) in [5.41, 5.74) is 1.04. The first kappa shape index (κ1) is 9.99. The van der Waals surface area contributed by atoms with E-state index in [-0.39, 0.29) is 18.6 Å². The van der Waals surface area contributed by atoms with Gasteiger partial charge in [0.2, 0.25) is 0 Å². The van der Waals surface area contributed by atoms with Gasteiger partial charge in [-0.15, -0.1) is 0 Å². The second-order valence-corrected chi connectivity index (χ2v) is 3.33. The lowest BCUT2D eigenvalue weighted by Crippen LogP contribution is -2.26. The van der Waals surface area contributed by atoms with Crippen molar-refractivity contribution in [2.45, 2.75) is 19.9 Å². The highest BCUT2D eigenvalue weighted by atomic mass is 16.3. The summed E-state index contributed by atoms with van der Waals surface area (Å²) in [6.45, 7) is 4.28. The molecule has 2 N–H and O–H groups in total. The highest BCUT2D eigenvalue weighted by molar-refractivity contribution is 5.41. The molecule has 0 aliphatic rings. The highest BCUT2D eigenvalue weighted by Gasteiger charge is 2.09. The van der Waals surface area contributed by atoms with E-state index in [1.165, 1.54) is 0 Å². The van der Waals surface area contributed by atoms with Gasteiger partial charge in [-0.2, -0.15) is 0 Å². The van der Waals surface area contributed by atoms with Gasteiger partial charge in [0.05, 0.1) is 0 Å². The minimum Gasteiger partial charge on any atom is -0.396 e. The quantitative estimate of drug-likeness (QED) is 0.738. The SMILES string of the molecule is CC(CO)C(C)Nc1ccncc1. The van der Waals surface area contributed by atoms with Crippen LogP contribution in [-0.2, 0) is 0 Å². The first-order chi connectivity index (χ1) is 6.24. The van der Waals surface area contributed by atoms with Crippen molar-refractivity contribution in [1.82, 2.24) is 4.98 Å². The Morgan fingerprint density at radius 3 is 2.54 bits per heavy atom. The number of aliphatic hydroxyl groups excluding tert-OH is 1. The van der Waals surface area contributed by atoms with Gasteiger partial charge >= 0.3 is 0 Å². The Balaban J connectivity index is 2.50. The standard InChI is InChI=1S/C10H16N2O/c1-8(7-13)9(2)12-10-3-5-11-6-4-10/h3-6,8-9,13H,7H2,1-2H3,(H,11,12). The molecule has 0 amide bonds. The maximum atomic E-state index is 8.93. The van der Waals surface area contributed by atoms with Gasteiger partial charge in [-0.05, 0) is 25.0 Å². The number of nitrogens with one attached hydrogen (secondary N) is 1. The van der Waals surface area contributed by atoms with Gasteiger partial charge in [0, 0.05) is 30.7 Å². The Morgan fingerprint density at radius 1 is 1.38 bits per heavy atom. The summed E-state index contributed by atoms with van der Waals surface area (Å²) in [6.07, 6.45) is 3.50. The molecule has 1 heterocycles. The summed E-state index contributed by atoms with van der Waals surface area (Å²) in [5.74, 6) is 0.258. The maximum Gasteiger partial charge on any atom is 0.0476 e. The second kappa shape index (κ2) is 4.82. The van der Waals surface area contributed by atoms with Gasteiger partial charge in [-0.3, -0.25) is 4.98 Å². The second-order valence-electron chi connectivity index (χ2n) is 3.33. The Bertz CT molecular complexity index is 238. The molecule has 72 valence electrons. The normalized spacial score (nSPS) is 15.0. The molecule has 2 unspecified atom stereocenters. The van der Waals surface area contributed by atoms with E-state index in [1.807, 2.05) is 19.1 Å². The number of nitrogens with zero attached hydrogens (tertiary/aromatic N) is 1. The van der Waals surface area contributed by atoms with E-state index < -0.39 is 0 Å². The summed E-state index contributed by atoms with van der Waals surface area (Å²) in [4.78, 5) is 3.93. The number of aliphatic hydroxyl groups is 1. The molecule has 3 nitrogen and oxygen atoms in total. The monoisotopic (exact) mass is 180 g/mol. The summed E-state index contributed by atoms with van der Waals surface area (Å²) in [7, 11) is 0. The number of pyridine rings is 1. The Labute approximate surface area is 78.8 Å². The molecule has 1 aromatic heterocycles. The summed E-state index contributed by atoms with van der Waals surface area (Å²) in [6, 6.07) is 4.11. The van der Waals surface area contributed by atoms with Crippen LogP contribution in [0.1, 0.15) is 13.8 Å². The van der Waals surface area contributed by atoms with Crippen LogP contribution in [0.15, 0.2) is 24.5 Å². The minimum absolute atomic E-state index is 0.208. The van der Waals surface area contributed by atoms with Crippen LogP contribution in [0.3, 0.4) is 0 Å². The van der Waals surface area contributed by atoms with Gasteiger partial charge in [0.1, 0.15) is 0 Å². The minimum atomic E-state index is 0.208. The molecule has 0 saturated carbocycles. The smallest absolute Gasteiger partial charge is 0.0476 e. The largest absolute Gasteiger partial charge is 0.396 e. The van der Waals surface area contributed by atoms with Crippen molar-refractivity contribution in [2.24, 2.45) is 5.92 Å². The van der Waals surface area contributed by atoms with E-state index in [9.17, 15) is 0 Å². The Hall–Kier alpha value is -1.09. The van der Waals surface area contributed by atoms with Crippen LogP contribution >= 0.6 is 0 Å². The first-order valence-corrected chi connectivity index (χ1v) is 4.51. The van der Waals surface area contributed by atoms with E-state index in [1.54, 1.807) is 12.4 Å². The average molecular weight is 180 g/mol. The van der Waals surface area contributed by atoms with Crippen LogP contribution in [0.5, 0.6) is 0 Å². The van der Waals surface area contributed by atoms with Crippen LogP contribution in [0, 0.1) is 5.92 Å². The summed E-state index contributed by atoms with van der Waals surface area (Å²) >= 11 is 0. The molecule has 1 rings (SSSR count). The van der Waals surface area contributed by atoms with Crippen molar-refractivity contribution in [3.63, 3.8) is 0 Å². The molecule has 0 saturated heterocycles. The molecule has 0 fully saturated rings. The number of aromatic nitrogens is 1. The fourth-order valence-electron chi connectivity index (χ4n) is 1.01. The molecule has 0 radical (unpaired) electrons. The lowest BCUT2D eigenvalue weighted by molar-refractivity contribution is 0.226. The van der Waals surface area contributed by atoms with E-state index in [2.05, 4.69) is 17.2 Å². The van der Waals surface area contributed by atoms with Crippen molar-refractivity contribution in [2.75, 3.05) is 11.9 Å². The van der Waals surface area contributed by atoms with Crippen molar-refractivity contribution in [1.29, 1.82) is 0 Å². The number of rotatable bonds is 4. The zero-order valence-corrected chi connectivity index (χ0v) is 8.07. The first-order valence-electron chi connectivity index (χ1n) is 4.51. The molecule has 0 aliphatic carbocycles. The van der Waals surface area contributed by atoms with Gasteiger partial charge in [0.25, 0.3) is 0 Å². The third kappa shape index (κ3) is 3.03. The van der Waals surface area contributed by atoms with Crippen molar-refractivity contribution >= 4 is 5.69 Å². The molecule has 13 heavy (non-hydrogen) atoms. The van der Waals surface area contributed by atoms with E-state index in [4.69, 9.17) is 5.11 Å². The van der Waals surface area contributed by atoms with Gasteiger partial charge in [-0.25, -0.2) is 0 Å². The van der Waals surface area contributed by atoms with Crippen molar-refractivity contribution in [3.05, 3.63) is 24.5 Å². The zero-order chi connectivity index (χ0) is 9.68. The fourth-order valence-corrected chi connectivity index (χ4v) is 1.01. The molecule has 0 aliphatic heterocycles. The molecule has 1 aromatic rings. The molecule has 0 spiro atoms. The summed E-state index contributed by atoms with van der Waals surface area (Å²) < 4.78 is 0. The van der Waals surface area contributed by atoms with Gasteiger partial charge in [-0.1, -0.05) is 6.92 Å². The van der Waals surface area contributed by atoms with Crippen LogP contribution in [0.2, 0.25) is 0 Å². The number of hydrogen-bond donors (Lipinski definition) is 2. The Morgan fingerprint density at radius 2 is 2.00 bits per heavy atom. The number of anilines is 1. The fraction of sp³-hybridized carbons (Fsp3) is 0.500. The van der Waals surface area contributed by atoms with Crippen LogP contribution in [0.25, 0.3) is 0 Å². The molecule has 0 bridgehead atoms. The van der Waals surface area contributed by atoms with Crippen molar-refractivity contribution < 1.29 is 5.11 Å². The molecule has 2 atom stereocenters. The van der Waals surface area contributed by atoms with Gasteiger partial charge in [0.15, 0.2) is 0 Å². The molecular formula is C10H16N2O. The average Bonchev–Trinajstić information content (AvgIpc) is 2.18. The van der Waals surface area contributed by atoms with E-state index in [0.717, 1.165) is 5.69 Å². The van der Waals surface area contributed by atoms with Crippen LogP contribution < -0.4 is 5.32 Å². The zero-order valence-electron chi connectivity index (χ0n) is 8.07. The van der Waals surface area contributed by atoms with Crippen LogP contribution in [-0.4, -0.2) is 22.7 Å². The molecule has 0 aromatic carbocycles. The lowest BCUT2D eigenvalue weighted by Gasteiger charge is -2.20. The maximum absolute atomic E-state index is 8.93. The van der Waals surface area contributed by atoms with E-state index in [0.29, 0.717) is 0 Å². The van der Waals surface area contributed by atoms with E-state index >= 15 is 0 Å². The summed E-state index contributed by atoms with van der Waals surface area (Å²) in [5, 5.41) is 12.2. The van der Waals surface area contributed by atoms with Gasteiger partial charge < -0.3 is 10.4 Å². The molecule has 3 heteroatoms. The van der Waals surface area contributed by atoms with Crippen molar-refractivity contribution in [3.8, 4) is 0 Å². The predicted molar refractivity (Wildman–Crippen MR) is 53.6 cm³/mol. The number of hydrogen-bond acceptors (Lipinski definition) is 3. The Kier molecular flexibility index (Phi) is 3.71. The third-order valence-corrected chi connectivity index (χ3v) is 2.22. The predicted octanol–water partition coefficient (Wildman–Crippen LogP) is 1.51. The molecular weight excluding hydrogens is 164 g/mol. The third-order valence-electron chi connectivity index (χ3n) is 2.22. The highest BCUT2D eigenvalue weighted by Crippen LogP contribution is 2.10. The van der Waals surface area contributed by atoms with Crippen LogP contribution in [0.4, 0.5) is 5.69 Å². The topological polar surface area (TPSA) is 45.1 Å².